The molecular formula is C14H20ClN3O. The zero-order chi connectivity index (χ0) is 13.6. The molecule has 0 N–H and O–H groups in total. The molecule has 0 spiro atoms. The summed E-state index contributed by atoms with van der Waals surface area (Å²) >= 11 is 6.15. The van der Waals surface area contributed by atoms with E-state index < -0.39 is 0 Å². The second-order valence-corrected chi connectivity index (χ2v) is 6.87. The molecule has 0 aliphatic carbocycles. The van der Waals surface area contributed by atoms with Gasteiger partial charge in [-0.15, -0.1) is 0 Å². The molecule has 2 fully saturated rings. The zero-order valence-electron chi connectivity index (χ0n) is 11.7. The van der Waals surface area contributed by atoms with E-state index in [4.69, 9.17) is 21.3 Å². The van der Waals surface area contributed by atoms with Crippen LogP contribution >= 0.6 is 11.6 Å². The van der Waals surface area contributed by atoms with Crippen LogP contribution in [0, 0.1) is 0 Å². The summed E-state index contributed by atoms with van der Waals surface area (Å²) in [7, 11) is 0. The number of morpholine rings is 1. The molecule has 19 heavy (non-hydrogen) atoms. The number of hydrogen-bond acceptors (Lipinski definition) is 4. The van der Waals surface area contributed by atoms with Crippen molar-refractivity contribution in [2.45, 2.75) is 51.2 Å². The zero-order valence-corrected chi connectivity index (χ0v) is 12.4. The first-order valence-electron chi connectivity index (χ1n) is 6.87. The van der Waals surface area contributed by atoms with Crippen molar-refractivity contribution in [2.75, 3.05) is 18.0 Å². The van der Waals surface area contributed by atoms with Gasteiger partial charge in [0.25, 0.3) is 0 Å². The Balaban J connectivity index is 1.90. The average molecular weight is 282 g/mol. The van der Waals surface area contributed by atoms with Gasteiger partial charge in [0.1, 0.15) is 16.8 Å². The molecule has 2 aliphatic rings. The first-order valence-corrected chi connectivity index (χ1v) is 7.25. The Hall–Kier alpha value is -0.870. The molecule has 2 aliphatic heterocycles. The van der Waals surface area contributed by atoms with Crippen LogP contribution in [0.2, 0.25) is 5.15 Å². The number of rotatable bonds is 1. The second-order valence-electron chi connectivity index (χ2n) is 6.48. The fourth-order valence-corrected chi connectivity index (χ4v) is 2.88. The van der Waals surface area contributed by atoms with E-state index in [0.717, 1.165) is 37.6 Å². The Kier molecular flexibility index (Phi) is 3.18. The summed E-state index contributed by atoms with van der Waals surface area (Å²) in [4.78, 5) is 11.3. The van der Waals surface area contributed by atoms with Gasteiger partial charge in [0, 0.05) is 24.6 Å². The van der Waals surface area contributed by atoms with Gasteiger partial charge in [0.2, 0.25) is 0 Å². The molecule has 2 atom stereocenters. The lowest BCUT2D eigenvalue weighted by Crippen LogP contribution is -2.43. The minimum absolute atomic E-state index is 0.0923. The number of aromatic nitrogens is 2. The summed E-state index contributed by atoms with van der Waals surface area (Å²) in [6.07, 6.45) is 3.02. The highest BCUT2D eigenvalue weighted by molar-refractivity contribution is 6.29. The molecule has 0 aromatic carbocycles. The first kappa shape index (κ1) is 13.1. The molecule has 2 unspecified atom stereocenters. The summed E-state index contributed by atoms with van der Waals surface area (Å²) in [6.45, 7) is 8.13. The number of anilines is 1. The molecule has 2 bridgehead atoms. The van der Waals surface area contributed by atoms with Gasteiger partial charge in [-0.25, -0.2) is 9.97 Å². The monoisotopic (exact) mass is 281 g/mol. The highest BCUT2D eigenvalue weighted by atomic mass is 35.5. The van der Waals surface area contributed by atoms with Gasteiger partial charge in [0.15, 0.2) is 0 Å². The molecule has 3 heterocycles. The third kappa shape index (κ3) is 2.70. The van der Waals surface area contributed by atoms with E-state index in [1.54, 1.807) is 0 Å². The van der Waals surface area contributed by atoms with Crippen LogP contribution in [0.15, 0.2) is 6.07 Å². The molecule has 5 heteroatoms. The number of halogens is 1. The largest absolute Gasteiger partial charge is 0.371 e. The third-order valence-corrected chi connectivity index (χ3v) is 3.91. The van der Waals surface area contributed by atoms with Crippen LogP contribution in [-0.4, -0.2) is 35.3 Å². The van der Waals surface area contributed by atoms with E-state index in [-0.39, 0.29) is 5.41 Å². The maximum atomic E-state index is 6.15. The van der Waals surface area contributed by atoms with Crippen LogP contribution in [0.5, 0.6) is 0 Å². The predicted molar refractivity (Wildman–Crippen MR) is 75.9 cm³/mol. The Morgan fingerprint density at radius 1 is 1.21 bits per heavy atom. The van der Waals surface area contributed by atoms with Crippen LogP contribution in [0.4, 0.5) is 5.82 Å². The van der Waals surface area contributed by atoms with Crippen molar-refractivity contribution in [3.8, 4) is 0 Å². The highest BCUT2D eigenvalue weighted by Crippen LogP contribution is 2.30. The first-order chi connectivity index (χ1) is 8.91. The molecule has 104 valence electrons. The molecule has 0 saturated carbocycles. The summed E-state index contributed by atoms with van der Waals surface area (Å²) in [5.41, 5.74) is -0.0923. The standard InChI is InChI=1S/C14H20ClN3O/c1-14(2,3)13-16-11(15)6-12(17-13)18-7-9-4-5-10(8-18)19-9/h6,9-10H,4-5,7-8H2,1-3H3. The van der Waals surface area contributed by atoms with Gasteiger partial charge < -0.3 is 9.64 Å². The lowest BCUT2D eigenvalue weighted by molar-refractivity contribution is 0.0302. The number of nitrogens with zero attached hydrogens (tertiary/aromatic N) is 3. The molecule has 0 amide bonds. The van der Waals surface area contributed by atoms with E-state index in [9.17, 15) is 0 Å². The summed E-state index contributed by atoms with van der Waals surface area (Å²) < 4.78 is 5.86. The van der Waals surface area contributed by atoms with Crippen molar-refractivity contribution >= 4 is 17.4 Å². The van der Waals surface area contributed by atoms with Gasteiger partial charge in [-0.1, -0.05) is 32.4 Å². The summed E-state index contributed by atoms with van der Waals surface area (Å²) in [6, 6.07) is 1.86. The molecule has 1 aromatic heterocycles. The lowest BCUT2D eigenvalue weighted by Gasteiger charge is -2.33. The smallest absolute Gasteiger partial charge is 0.137 e. The van der Waals surface area contributed by atoms with E-state index in [0.29, 0.717) is 17.4 Å². The molecular weight excluding hydrogens is 262 g/mol. The second kappa shape index (κ2) is 4.60. The van der Waals surface area contributed by atoms with Gasteiger partial charge in [0.05, 0.1) is 12.2 Å². The molecule has 0 radical (unpaired) electrons. The predicted octanol–water partition coefficient (Wildman–Crippen LogP) is 2.80. The van der Waals surface area contributed by atoms with E-state index >= 15 is 0 Å². The third-order valence-electron chi connectivity index (χ3n) is 3.72. The highest BCUT2D eigenvalue weighted by Gasteiger charge is 2.34. The van der Waals surface area contributed by atoms with E-state index in [2.05, 4.69) is 30.7 Å². The van der Waals surface area contributed by atoms with Gasteiger partial charge in [-0.3, -0.25) is 0 Å². The van der Waals surface area contributed by atoms with Crippen molar-refractivity contribution in [3.05, 3.63) is 17.0 Å². The fourth-order valence-electron chi connectivity index (χ4n) is 2.71. The average Bonchev–Trinajstić information content (AvgIpc) is 2.66. The summed E-state index contributed by atoms with van der Waals surface area (Å²) in [5.74, 6) is 1.74. The maximum absolute atomic E-state index is 6.15. The van der Waals surface area contributed by atoms with Crippen LogP contribution in [0.1, 0.15) is 39.4 Å². The lowest BCUT2D eigenvalue weighted by atomic mass is 9.96. The molecule has 3 rings (SSSR count). The SMILES string of the molecule is CC(C)(C)c1nc(Cl)cc(N2CC3CCC(C2)O3)n1. The quantitative estimate of drug-likeness (QED) is 0.742. The number of fused-ring (bicyclic) bond motifs is 2. The van der Waals surface area contributed by atoms with Crippen molar-refractivity contribution in [3.63, 3.8) is 0 Å². The topological polar surface area (TPSA) is 38.2 Å². The van der Waals surface area contributed by atoms with Crippen LogP contribution in [0.25, 0.3) is 0 Å². The molecule has 2 saturated heterocycles. The number of hydrogen-bond donors (Lipinski definition) is 0. The van der Waals surface area contributed by atoms with Crippen LogP contribution in [-0.2, 0) is 10.2 Å². The van der Waals surface area contributed by atoms with Crippen molar-refractivity contribution < 1.29 is 4.74 Å². The van der Waals surface area contributed by atoms with Crippen LogP contribution in [0.3, 0.4) is 0 Å². The number of ether oxygens (including phenoxy) is 1. The van der Waals surface area contributed by atoms with Crippen LogP contribution < -0.4 is 4.90 Å². The Morgan fingerprint density at radius 3 is 2.42 bits per heavy atom. The van der Waals surface area contributed by atoms with Crippen molar-refractivity contribution in [2.24, 2.45) is 0 Å². The Labute approximate surface area is 119 Å². The Bertz CT molecular complexity index is 474. The molecule has 4 nitrogen and oxygen atoms in total. The van der Waals surface area contributed by atoms with Crippen molar-refractivity contribution in [1.29, 1.82) is 0 Å². The van der Waals surface area contributed by atoms with Gasteiger partial charge in [-0.05, 0) is 12.8 Å². The molecule has 1 aromatic rings. The minimum Gasteiger partial charge on any atom is -0.371 e. The van der Waals surface area contributed by atoms with E-state index in [1.165, 1.54) is 0 Å². The fraction of sp³-hybridized carbons (Fsp3) is 0.714. The summed E-state index contributed by atoms with van der Waals surface area (Å²) in [5, 5.41) is 0.522. The van der Waals surface area contributed by atoms with Gasteiger partial charge >= 0.3 is 0 Å². The van der Waals surface area contributed by atoms with Crippen molar-refractivity contribution in [1.82, 2.24) is 9.97 Å². The Morgan fingerprint density at radius 2 is 1.84 bits per heavy atom. The van der Waals surface area contributed by atoms with E-state index in [1.807, 2.05) is 6.07 Å². The normalized spacial score (nSPS) is 26.8. The maximum Gasteiger partial charge on any atom is 0.137 e. The minimum atomic E-state index is -0.0923. The van der Waals surface area contributed by atoms with Gasteiger partial charge in [-0.2, -0.15) is 0 Å².